The quantitative estimate of drug-likeness (QED) is 0.514. The van der Waals surface area contributed by atoms with Crippen LogP contribution in [0, 0.1) is 0 Å². The van der Waals surface area contributed by atoms with E-state index < -0.39 is 23.4 Å². The van der Waals surface area contributed by atoms with Crippen LogP contribution in [0.4, 0.5) is 18.9 Å². The molecule has 0 saturated carbocycles. The molecule has 2 aromatic rings. The number of aromatic nitrogens is 1. The number of carbonyl (C=O) groups excluding carboxylic acids is 1. The lowest BCUT2D eigenvalue weighted by Gasteiger charge is -2.10. The first-order valence-corrected chi connectivity index (χ1v) is 6.68. The molecule has 0 fully saturated rings. The van der Waals surface area contributed by atoms with Crippen LogP contribution >= 0.6 is 0 Å². The van der Waals surface area contributed by atoms with Crippen molar-refractivity contribution in [3.63, 3.8) is 0 Å². The largest absolute Gasteiger partial charge is 0.462 e. The van der Waals surface area contributed by atoms with E-state index in [1.54, 1.807) is 30.5 Å². The summed E-state index contributed by atoms with van der Waals surface area (Å²) in [7, 11) is 0. The molecule has 0 spiro atoms. The van der Waals surface area contributed by atoms with Crippen LogP contribution in [0.25, 0.3) is 10.9 Å². The van der Waals surface area contributed by atoms with E-state index in [0.29, 0.717) is 5.69 Å². The number of allylic oxidation sites excluding steroid dienone is 1. The van der Waals surface area contributed by atoms with E-state index in [4.69, 9.17) is 5.73 Å². The summed E-state index contributed by atoms with van der Waals surface area (Å²) in [5.74, 6) is -1.17. The van der Waals surface area contributed by atoms with E-state index >= 15 is 0 Å². The molecule has 0 atom stereocenters. The summed E-state index contributed by atoms with van der Waals surface area (Å²) in [6.07, 6.45) is -2.35. The molecule has 23 heavy (non-hydrogen) atoms. The van der Waals surface area contributed by atoms with Crippen LogP contribution in [0.5, 0.6) is 0 Å². The molecule has 8 heteroatoms. The predicted molar refractivity (Wildman–Crippen MR) is 80.4 cm³/mol. The third-order valence-corrected chi connectivity index (χ3v) is 2.97. The molecule has 1 aromatic carbocycles. The highest BCUT2D eigenvalue weighted by molar-refractivity contribution is 6.11. The van der Waals surface area contributed by atoms with Gasteiger partial charge in [0.05, 0.1) is 12.3 Å². The van der Waals surface area contributed by atoms with Gasteiger partial charge in [0.2, 0.25) is 0 Å². The summed E-state index contributed by atoms with van der Waals surface area (Å²) >= 11 is 0. The second-order valence-electron chi connectivity index (χ2n) is 4.55. The number of H-pyrrole nitrogens is 1. The molecule has 0 amide bonds. The van der Waals surface area contributed by atoms with Gasteiger partial charge in [0.15, 0.2) is 0 Å². The fraction of sp³-hybridized carbons (Fsp3) is 0.200. The van der Waals surface area contributed by atoms with Crippen LogP contribution in [0.1, 0.15) is 6.92 Å². The Kier molecular flexibility index (Phi) is 4.73. The molecule has 5 nitrogen and oxygen atoms in total. The average Bonchev–Trinajstić information content (AvgIpc) is 2.94. The molecule has 0 aliphatic heterocycles. The van der Waals surface area contributed by atoms with Crippen molar-refractivity contribution < 1.29 is 22.7 Å². The zero-order chi connectivity index (χ0) is 17.0. The molecule has 0 bridgehead atoms. The minimum atomic E-state index is -4.85. The van der Waals surface area contributed by atoms with Crippen LogP contribution in [0.15, 0.2) is 46.7 Å². The summed E-state index contributed by atoms with van der Waals surface area (Å²) in [5.41, 5.74) is 3.90. The zero-order valence-electron chi connectivity index (χ0n) is 12.1. The molecule has 0 radical (unpaired) electrons. The Morgan fingerprint density at radius 1 is 1.39 bits per heavy atom. The van der Waals surface area contributed by atoms with Gasteiger partial charge in [-0.2, -0.15) is 13.2 Å². The number of aromatic amines is 1. The lowest BCUT2D eigenvalue weighted by Crippen LogP contribution is -2.26. The van der Waals surface area contributed by atoms with Gasteiger partial charge in [-0.25, -0.2) is 4.79 Å². The molecule has 122 valence electrons. The Morgan fingerprint density at radius 2 is 2.13 bits per heavy atom. The average molecular weight is 325 g/mol. The van der Waals surface area contributed by atoms with Gasteiger partial charge in [-0.15, -0.1) is 0 Å². The lowest BCUT2D eigenvalue weighted by molar-refractivity contribution is -0.139. The molecule has 0 saturated heterocycles. The third kappa shape index (κ3) is 3.91. The number of rotatable bonds is 4. The number of ether oxygens (including phenoxy) is 1. The molecule has 0 aliphatic carbocycles. The predicted octanol–water partition coefficient (Wildman–Crippen LogP) is 3.21. The summed E-state index contributed by atoms with van der Waals surface area (Å²) in [6, 6.07) is 6.78. The van der Waals surface area contributed by atoms with Gasteiger partial charge in [-0.05, 0) is 31.2 Å². The van der Waals surface area contributed by atoms with Gasteiger partial charge in [-0.1, -0.05) is 0 Å². The van der Waals surface area contributed by atoms with Gasteiger partial charge in [0, 0.05) is 23.3 Å². The van der Waals surface area contributed by atoms with Crippen molar-refractivity contribution >= 4 is 28.8 Å². The number of halogens is 3. The van der Waals surface area contributed by atoms with Crippen molar-refractivity contribution in [2.75, 3.05) is 6.61 Å². The molecule has 0 unspecified atom stereocenters. The molecule has 2 rings (SSSR count). The van der Waals surface area contributed by atoms with Crippen molar-refractivity contribution in [1.29, 1.82) is 0 Å². The SMILES string of the molecule is CCOC(=O)C(C=Nc1ccc2[nH]ccc2c1)=C(N)C(F)(F)F. The minimum Gasteiger partial charge on any atom is -0.462 e. The second kappa shape index (κ2) is 6.55. The fourth-order valence-electron chi connectivity index (χ4n) is 1.85. The highest BCUT2D eigenvalue weighted by atomic mass is 19.4. The van der Waals surface area contributed by atoms with Crippen LogP contribution < -0.4 is 5.73 Å². The third-order valence-electron chi connectivity index (χ3n) is 2.97. The molecule has 0 aliphatic rings. The molecular weight excluding hydrogens is 311 g/mol. The van der Waals surface area contributed by atoms with Crippen LogP contribution in [-0.4, -0.2) is 30.0 Å². The standard InChI is InChI=1S/C15H14F3N3O2/c1-2-23-14(22)11(13(19)15(16,17)18)8-21-10-3-4-12-9(7-10)5-6-20-12/h3-8,20H,2,19H2,1H3. The Morgan fingerprint density at radius 3 is 2.78 bits per heavy atom. The van der Waals surface area contributed by atoms with Gasteiger partial charge >= 0.3 is 12.1 Å². The lowest BCUT2D eigenvalue weighted by atomic mass is 10.2. The maximum absolute atomic E-state index is 12.7. The topological polar surface area (TPSA) is 80.5 Å². The van der Waals surface area contributed by atoms with Crippen LogP contribution in [0.2, 0.25) is 0 Å². The maximum atomic E-state index is 12.7. The summed E-state index contributed by atoms with van der Waals surface area (Å²) in [4.78, 5) is 18.5. The fourth-order valence-corrected chi connectivity index (χ4v) is 1.85. The van der Waals surface area contributed by atoms with Crippen molar-refractivity contribution in [3.8, 4) is 0 Å². The Labute approximate surface area is 129 Å². The molecular formula is C15H14F3N3O2. The maximum Gasteiger partial charge on any atom is 0.431 e. The molecule has 1 aromatic heterocycles. The van der Waals surface area contributed by atoms with E-state index in [1.807, 2.05) is 0 Å². The van der Waals surface area contributed by atoms with Gasteiger partial charge in [0.1, 0.15) is 11.3 Å². The first-order valence-electron chi connectivity index (χ1n) is 6.68. The number of benzene rings is 1. The number of alkyl halides is 3. The molecule has 1 heterocycles. The summed E-state index contributed by atoms with van der Waals surface area (Å²) in [5, 5.41) is 0.838. The van der Waals surface area contributed by atoms with Crippen molar-refractivity contribution in [3.05, 3.63) is 41.7 Å². The number of hydrogen-bond donors (Lipinski definition) is 2. The number of carbonyl (C=O) groups is 1. The van der Waals surface area contributed by atoms with Gasteiger partial charge in [-0.3, -0.25) is 4.99 Å². The number of nitrogens with zero attached hydrogens (tertiary/aromatic N) is 1. The minimum absolute atomic E-state index is 0.0728. The normalized spacial score (nSPS) is 13.4. The number of esters is 1. The summed E-state index contributed by atoms with van der Waals surface area (Å²) in [6.45, 7) is 1.41. The second-order valence-corrected chi connectivity index (χ2v) is 4.55. The Balaban J connectivity index is 2.38. The molecule has 3 N–H and O–H groups in total. The number of nitrogens with two attached hydrogens (primary N) is 1. The zero-order valence-corrected chi connectivity index (χ0v) is 12.1. The monoisotopic (exact) mass is 325 g/mol. The van der Waals surface area contributed by atoms with Crippen LogP contribution in [-0.2, 0) is 9.53 Å². The van der Waals surface area contributed by atoms with Crippen molar-refractivity contribution in [1.82, 2.24) is 4.98 Å². The van der Waals surface area contributed by atoms with Crippen molar-refractivity contribution in [2.24, 2.45) is 10.7 Å². The van der Waals surface area contributed by atoms with Gasteiger partial charge in [0.25, 0.3) is 0 Å². The first-order chi connectivity index (χ1) is 10.8. The highest BCUT2D eigenvalue weighted by Gasteiger charge is 2.36. The number of aliphatic imine (C=N–C) groups is 1. The van der Waals surface area contributed by atoms with E-state index in [2.05, 4.69) is 14.7 Å². The van der Waals surface area contributed by atoms with E-state index in [-0.39, 0.29) is 6.61 Å². The number of nitrogens with one attached hydrogen (secondary N) is 1. The number of hydrogen-bond acceptors (Lipinski definition) is 4. The van der Waals surface area contributed by atoms with Crippen LogP contribution in [0.3, 0.4) is 0 Å². The summed E-state index contributed by atoms with van der Waals surface area (Å²) < 4.78 is 42.8. The Hall–Kier alpha value is -2.77. The highest BCUT2D eigenvalue weighted by Crippen LogP contribution is 2.25. The van der Waals surface area contributed by atoms with Crippen molar-refractivity contribution in [2.45, 2.75) is 13.1 Å². The van der Waals surface area contributed by atoms with Gasteiger partial charge < -0.3 is 15.5 Å². The first kappa shape index (κ1) is 16.6. The smallest absolute Gasteiger partial charge is 0.431 e. The van der Waals surface area contributed by atoms with E-state index in [0.717, 1.165) is 17.1 Å². The number of fused-ring (bicyclic) bond motifs is 1. The van der Waals surface area contributed by atoms with E-state index in [1.165, 1.54) is 6.92 Å². The Bertz CT molecular complexity index is 776. The van der Waals surface area contributed by atoms with E-state index in [9.17, 15) is 18.0 Å².